The smallest absolute Gasteiger partial charge is 0.185 e. The number of hydrogen-bond acceptors (Lipinski definition) is 3. The van der Waals surface area contributed by atoms with Crippen molar-refractivity contribution < 1.29 is 4.79 Å². The molecule has 0 saturated carbocycles. The molecule has 1 aromatic heterocycles. The number of Topliss-reactive ketones (excluding diaryl/α,β-unsaturated/α-hetero) is 1. The van der Waals surface area contributed by atoms with E-state index in [9.17, 15) is 4.79 Å². The summed E-state index contributed by atoms with van der Waals surface area (Å²) in [6.07, 6.45) is 0.558. The summed E-state index contributed by atoms with van der Waals surface area (Å²) in [6, 6.07) is 1.99. The normalized spacial score (nSPS) is 15.1. The first kappa shape index (κ1) is 8.23. The highest BCUT2D eigenvalue weighted by Crippen LogP contribution is 2.24. The van der Waals surface area contributed by atoms with E-state index in [-0.39, 0.29) is 5.78 Å². The summed E-state index contributed by atoms with van der Waals surface area (Å²) in [5, 5.41) is 3.21. The molecule has 0 aromatic carbocycles. The number of carbonyl (C=O) groups is 1. The Morgan fingerprint density at radius 2 is 2.23 bits per heavy atom. The number of carbonyl (C=O) groups excluding carboxylic acids is 1. The first-order valence-corrected chi connectivity index (χ1v) is 4.44. The maximum atomic E-state index is 11.5. The monoisotopic (exact) mass is 176 g/mol. The van der Waals surface area contributed by atoms with Gasteiger partial charge in [0.15, 0.2) is 5.78 Å². The zero-order valence-corrected chi connectivity index (χ0v) is 7.85. The first-order valence-electron chi connectivity index (χ1n) is 4.44. The Kier molecular flexibility index (Phi) is 1.79. The predicted octanol–water partition coefficient (Wildman–Crippen LogP) is 1.70. The number of nitrogens with one attached hydrogen (secondary N) is 1. The predicted molar refractivity (Wildman–Crippen MR) is 51.1 cm³/mol. The molecule has 2 rings (SSSR count). The number of ketones is 1. The number of aromatic nitrogens is 1. The van der Waals surface area contributed by atoms with Gasteiger partial charge in [-0.1, -0.05) is 0 Å². The minimum absolute atomic E-state index is 0.153. The molecule has 0 spiro atoms. The molecule has 0 aliphatic carbocycles. The SMILES string of the molecule is Cc1cc(C)c2c(n1)C(=O)CCN2. The van der Waals surface area contributed by atoms with Crippen molar-refractivity contribution in [1.82, 2.24) is 4.98 Å². The first-order chi connectivity index (χ1) is 6.18. The summed E-state index contributed by atoms with van der Waals surface area (Å²) in [6.45, 7) is 4.64. The van der Waals surface area contributed by atoms with Crippen molar-refractivity contribution in [2.45, 2.75) is 20.3 Å². The molecule has 0 fully saturated rings. The van der Waals surface area contributed by atoms with Gasteiger partial charge in [-0.25, -0.2) is 4.98 Å². The van der Waals surface area contributed by atoms with E-state index in [0.717, 1.165) is 23.5 Å². The fourth-order valence-corrected chi connectivity index (χ4v) is 1.68. The Morgan fingerprint density at radius 3 is 3.00 bits per heavy atom. The van der Waals surface area contributed by atoms with E-state index in [0.29, 0.717) is 12.1 Å². The van der Waals surface area contributed by atoms with Crippen LogP contribution in [0.25, 0.3) is 0 Å². The van der Waals surface area contributed by atoms with E-state index >= 15 is 0 Å². The van der Waals surface area contributed by atoms with Crippen molar-refractivity contribution in [3.05, 3.63) is 23.0 Å². The van der Waals surface area contributed by atoms with Gasteiger partial charge in [0.1, 0.15) is 5.69 Å². The fraction of sp³-hybridized carbons (Fsp3) is 0.400. The van der Waals surface area contributed by atoms with E-state index in [1.54, 1.807) is 0 Å². The van der Waals surface area contributed by atoms with E-state index in [1.165, 1.54) is 0 Å². The number of aryl methyl sites for hydroxylation is 2. The molecule has 0 atom stereocenters. The Balaban J connectivity index is 2.63. The zero-order valence-electron chi connectivity index (χ0n) is 7.85. The maximum absolute atomic E-state index is 11.5. The topological polar surface area (TPSA) is 42.0 Å². The molecule has 3 heteroatoms. The molecular formula is C10H12N2O. The maximum Gasteiger partial charge on any atom is 0.185 e. The van der Waals surface area contributed by atoms with Crippen LogP contribution in [0.1, 0.15) is 28.2 Å². The molecule has 0 unspecified atom stereocenters. The summed E-state index contributed by atoms with van der Waals surface area (Å²) in [7, 11) is 0. The molecule has 0 saturated heterocycles. The molecule has 3 nitrogen and oxygen atoms in total. The quantitative estimate of drug-likeness (QED) is 0.654. The molecule has 13 heavy (non-hydrogen) atoms. The van der Waals surface area contributed by atoms with Gasteiger partial charge < -0.3 is 5.32 Å². The van der Waals surface area contributed by atoms with Crippen LogP contribution in [0.15, 0.2) is 6.07 Å². The van der Waals surface area contributed by atoms with Crippen LogP contribution in [0.4, 0.5) is 5.69 Å². The number of nitrogens with zero attached hydrogens (tertiary/aromatic N) is 1. The van der Waals surface area contributed by atoms with Crippen molar-refractivity contribution in [3.8, 4) is 0 Å². The van der Waals surface area contributed by atoms with Crippen LogP contribution in [0.5, 0.6) is 0 Å². The average Bonchev–Trinajstić information content (AvgIpc) is 2.07. The Hall–Kier alpha value is -1.38. The molecule has 1 aliphatic rings. The second kappa shape index (κ2) is 2.83. The van der Waals surface area contributed by atoms with E-state index < -0.39 is 0 Å². The van der Waals surface area contributed by atoms with Gasteiger partial charge in [-0.05, 0) is 25.5 Å². The highest BCUT2D eigenvalue weighted by molar-refractivity contribution is 6.01. The lowest BCUT2D eigenvalue weighted by molar-refractivity contribution is 0.0978. The number of anilines is 1. The standard InChI is InChI=1S/C10H12N2O/c1-6-5-7(2)12-10-8(13)3-4-11-9(6)10/h5,11H,3-4H2,1-2H3. The molecule has 1 aliphatic heterocycles. The van der Waals surface area contributed by atoms with Crippen molar-refractivity contribution in [3.63, 3.8) is 0 Å². The third-order valence-corrected chi connectivity index (χ3v) is 2.26. The van der Waals surface area contributed by atoms with Gasteiger partial charge in [0.25, 0.3) is 0 Å². The lowest BCUT2D eigenvalue weighted by Gasteiger charge is -2.18. The van der Waals surface area contributed by atoms with E-state index in [2.05, 4.69) is 10.3 Å². The second-order valence-corrected chi connectivity index (χ2v) is 3.40. The minimum atomic E-state index is 0.153. The molecule has 1 aromatic rings. The number of hydrogen-bond donors (Lipinski definition) is 1. The lowest BCUT2D eigenvalue weighted by atomic mass is 10.0. The number of rotatable bonds is 0. The fourth-order valence-electron chi connectivity index (χ4n) is 1.68. The summed E-state index contributed by atoms with van der Waals surface area (Å²) in [5.41, 5.74) is 3.55. The van der Waals surface area contributed by atoms with E-state index in [4.69, 9.17) is 0 Å². The zero-order chi connectivity index (χ0) is 9.42. The molecule has 1 N–H and O–H groups in total. The Morgan fingerprint density at radius 1 is 1.46 bits per heavy atom. The molecular weight excluding hydrogens is 164 g/mol. The third kappa shape index (κ3) is 1.30. The van der Waals surface area contributed by atoms with Gasteiger partial charge in [-0.2, -0.15) is 0 Å². The van der Waals surface area contributed by atoms with Crippen LogP contribution < -0.4 is 5.32 Å². The van der Waals surface area contributed by atoms with Crippen molar-refractivity contribution >= 4 is 11.5 Å². The van der Waals surface area contributed by atoms with Crippen LogP contribution in [0.2, 0.25) is 0 Å². The number of fused-ring (bicyclic) bond motifs is 1. The molecule has 2 heterocycles. The van der Waals surface area contributed by atoms with Gasteiger partial charge >= 0.3 is 0 Å². The van der Waals surface area contributed by atoms with Gasteiger partial charge in [0.2, 0.25) is 0 Å². The average molecular weight is 176 g/mol. The molecule has 0 bridgehead atoms. The van der Waals surface area contributed by atoms with Crippen molar-refractivity contribution in [1.29, 1.82) is 0 Å². The molecule has 0 amide bonds. The van der Waals surface area contributed by atoms with Crippen molar-refractivity contribution in [2.75, 3.05) is 11.9 Å². The summed E-state index contributed by atoms with van der Waals surface area (Å²) < 4.78 is 0. The van der Waals surface area contributed by atoms with Crippen LogP contribution >= 0.6 is 0 Å². The van der Waals surface area contributed by atoms with Crippen LogP contribution in [-0.4, -0.2) is 17.3 Å². The summed E-state index contributed by atoms with van der Waals surface area (Å²) >= 11 is 0. The third-order valence-electron chi connectivity index (χ3n) is 2.26. The highest BCUT2D eigenvalue weighted by Gasteiger charge is 2.19. The van der Waals surface area contributed by atoms with Gasteiger partial charge in [-0.15, -0.1) is 0 Å². The van der Waals surface area contributed by atoms with Gasteiger partial charge in [0, 0.05) is 18.7 Å². The number of pyridine rings is 1. The Labute approximate surface area is 77.2 Å². The lowest BCUT2D eigenvalue weighted by Crippen LogP contribution is -2.20. The van der Waals surface area contributed by atoms with Crippen LogP contribution in [0.3, 0.4) is 0 Å². The minimum Gasteiger partial charge on any atom is -0.383 e. The van der Waals surface area contributed by atoms with Gasteiger partial charge in [-0.3, -0.25) is 4.79 Å². The summed E-state index contributed by atoms with van der Waals surface area (Å²) in [4.78, 5) is 15.7. The molecule has 0 radical (unpaired) electrons. The highest BCUT2D eigenvalue weighted by atomic mass is 16.1. The van der Waals surface area contributed by atoms with Crippen LogP contribution in [0, 0.1) is 13.8 Å². The summed E-state index contributed by atoms with van der Waals surface area (Å²) in [5.74, 6) is 0.153. The van der Waals surface area contributed by atoms with E-state index in [1.807, 2.05) is 19.9 Å². The van der Waals surface area contributed by atoms with Crippen LogP contribution in [-0.2, 0) is 0 Å². The van der Waals surface area contributed by atoms with Crippen molar-refractivity contribution in [2.24, 2.45) is 0 Å². The largest absolute Gasteiger partial charge is 0.383 e. The Bertz CT molecular complexity index is 371. The van der Waals surface area contributed by atoms with Gasteiger partial charge in [0.05, 0.1) is 5.69 Å². The second-order valence-electron chi connectivity index (χ2n) is 3.40. The molecule has 68 valence electrons.